The van der Waals surface area contributed by atoms with Crippen molar-refractivity contribution in [2.24, 2.45) is 0 Å². The highest BCUT2D eigenvalue weighted by atomic mass is 32.2. The van der Waals surface area contributed by atoms with E-state index in [9.17, 15) is 21.6 Å². The molecule has 0 radical (unpaired) electrons. The fourth-order valence-electron chi connectivity index (χ4n) is 4.03. The van der Waals surface area contributed by atoms with Gasteiger partial charge in [-0.3, -0.25) is 4.79 Å². The third-order valence-electron chi connectivity index (χ3n) is 5.93. The lowest BCUT2D eigenvalue weighted by molar-refractivity contribution is -0.132. The van der Waals surface area contributed by atoms with Crippen LogP contribution in [0.5, 0.6) is 0 Å². The predicted octanol–water partition coefficient (Wildman–Crippen LogP) is 2.00. The molecule has 1 amide bonds. The number of carbonyl (C=O) groups is 1. The van der Waals surface area contributed by atoms with Gasteiger partial charge in [0.25, 0.3) is 10.0 Å². The van der Waals surface area contributed by atoms with Gasteiger partial charge < -0.3 is 4.90 Å². The van der Waals surface area contributed by atoms with E-state index in [0.29, 0.717) is 43.2 Å². The number of rotatable bonds is 7. The molecule has 0 unspecified atom stereocenters. The molecule has 1 aromatic heterocycles. The van der Waals surface area contributed by atoms with Gasteiger partial charge in [0.15, 0.2) is 0 Å². The Morgan fingerprint density at radius 3 is 2.03 bits per heavy atom. The average Bonchev–Trinajstić information content (AvgIpc) is 3.53. The molecule has 174 valence electrons. The first-order chi connectivity index (χ1) is 15.3. The second kappa shape index (κ2) is 9.60. The van der Waals surface area contributed by atoms with Crippen molar-refractivity contribution in [3.63, 3.8) is 0 Å². The Hall–Kier alpha value is -1.79. The first-order valence-electron chi connectivity index (χ1n) is 10.7. The quantitative estimate of drug-likeness (QED) is 0.583. The zero-order valence-corrected chi connectivity index (χ0v) is 20.2. The van der Waals surface area contributed by atoms with Crippen LogP contribution in [0.4, 0.5) is 0 Å². The fraction of sp³-hybridized carbons (Fsp3) is 0.476. The number of sulfonamides is 2. The average molecular weight is 498 g/mol. The maximum Gasteiger partial charge on any atom is 0.252 e. The summed E-state index contributed by atoms with van der Waals surface area (Å²) in [6, 6.07) is 10.1. The third-order valence-corrected chi connectivity index (χ3v) is 11.1. The Morgan fingerprint density at radius 1 is 0.812 bits per heavy atom. The third kappa shape index (κ3) is 4.91. The zero-order chi connectivity index (χ0) is 22.8. The molecule has 11 heteroatoms. The second-order valence-electron chi connectivity index (χ2n) is 7.97. The number of nitrogens with zero attached hydrogens (tertiary/aromatic N) is 3. The smallest absolute Gasteiger partial charge is 0.252 e. The molecule has 1 aromatic carbocycles. The molecule has 0 N–H and O–H groups in total. The molecule has 2 aromatic rings. The number of aryl methyl sites for hydroxylation is 1. The summed E-state index contributed by atoms with van der Waals surface area (Å²) in [6.45, 7) is 2.46. The van der Waals surface area contributed by atoms with Gasteiger partial charge in [-0.2, -0.15) is 8.61 Å². The van der Waals surface area contributed by atoms with Crippen molar-refractivity contribution in [2.75, 3.05) is 39.3 Å². The van der Waals surface area contributed by atoms with Crippen LogP contribution in [0.3, 0.4) is 0 Å². The number of amides is 1. The maximum atomic E-state index is 12.6. The van der Waals surface area contributed by atoms with Crippen molar-refractivity contribution in [1.29, 1.82) is 0 Å². The van der Waals surface area contributed by atoms with E-state index >= 15 is 0 Å². The molecule has 0 atom stereocenters. The highest BCUT2D eigenvalue weighted by Crippen LogP contribution is 2.23. The molecule has 2 aliphatic heterocycles. The predicted molar refractivity (Wildman–Crippen MR) is 122 cm³/mol. The molecule has 8 nitrogen and oxygen atoms in total. The molecular weight excluding hydrogens is 470 g/mol. The van der Waals surface area contributed by atoms with Crippen molar-refractivity contribution in [3.05, 3.63) is 47.3 Å². The normalized spacial score (nSPS) is 18.8. The minimum atomic E-state index is -3.48. The van der Waals surface area contributed by atoms with E-state index in [2.05, 4.69) is 0 Å². The Labute approximate surface area is 193 Å². The largest absolute Gasteiger partial charge is 0.340 e. The minimum Gasteiger partial charge on any atom is -0.340 e. The molecule has 0 saturated carbocycles. The Bertz CT molecular complexity index is 1130. The van der Waals surface area contributed by atoms with Crippen molar-refractivity contribution >= 4 is 37.3 Å². The van der Waals surface area contributed by atoms with Gasteiger partial charge in [0.1, 0.15) is 4.21 Å². The van der Waals surface area contributed by atoms with E-state index in [1.807, 2.05) is 0 Å². The Kier molecular flexibility index (Phi) is 7.01. The van der Waals surface area contributed by atoms with Crippen LogP contribution in [-0.4, -0.2) is 75.5 Å². The number of piperazine rings is 1. The van der Waals surface area contributed by atoms with Crippen LogP contribution in [0.15, 0.2) is 50.9 Å². The van der Waals surface area contributed by atoms with Crippen molar-refractivity contribution < 1.29 is 21.6 Å². The SMILES string of the molecule is O=C(CCc1ccc(S(=O)(=O)N2CCCC2)cc1)N1CCN(S(=O)(=O)c2cccs2)CC1. The van der Waals surface area contributed by atoms with Crippen LogP contribution < -0.4 is 0 Å². The van der Waals surface area contributed by atoms with E-state index in [0.717, 1.165) is 18.4 Å². The molecule has 2 aliphatic rings. The zero-order valence-electron chi connectivity index (χ0n) is 17.7. The Balaban J connectivity index is 1.28. The van der Waals surface area contributed by atoms with Gasteiger partial charge in [-0.05, 0) is 48.4 Å². The lowest BCUT2D eigenvalue weighted by Gasteiger charge is -2.33. The van der Waals surface area contributed by atoms with Gasteiger partial charge in [0.05, 0.1) is 4.90 Å². The first kappa shape index (κ1) is 23.4. The summed E-state index contributed by atoms with van der Waals surface area (Å²) in [5.74, 6) is -0.0214. The fourth-order valence-corrected chi connectivity index (χ4v) is 8.11. The maximum absolute atomic E-state index is 12.6. The summed E-state index contributed by atoms with van der Waals surface area (Å²) in [5.41, 5.74) is 0.901. The van der Waals surface area contributed by atoms with Gasteiger partial charge in [0, 0.05) is 45.7 Å². The van der Waals surface area contributed by atoms with Gasteiger partial charge in [0.2, 0.25) is 15.9 Å². The molecule has 2 saturated heterocycles. The van der Waals surface area contributed by atoms with Gasteiger partial charge in [-0.25, -0.2) is 16.8 Å². The number of benzene rings is 1. The van der Waals surface area contributed by atoms with Crippen molar-refractivity contribution in [3.8, 4) is 0 Å². The van der Waals surface area contributed by atoms with Crippen molar-refractivity contribution in [2.45, 2.75) is 34.8 Å². The lowest BCUT2D eigenvalue weighted by Crippen LogP contribution is -2.50. The summed E-state index contributed by atoms with van der Waals surface area (Å²) in [6.07, 6.45) is 2.60. The second-order valence-corrected chi connectivity index (χ2v) is 13.0. The highest BCUT2D eigenvalue weighted by Gasteiger charge is 2.30. The minimum absolute atomic E-state index is 0.0214. The van der Waals surface area contributed by atoms with E-state index in [4.69, 9.17) is 0 Å². The van der Waals surface area contributed by atoms with Crippen LogP contribution >= 0.6 is 11.3 Å². The standard InChI is InChI=1S/C21H27N3O5S3/c25-20(22-13-15-24(16-14-22)32(28,29)21-4-3-17-30-21)10-7-18-5-8-19(9-6-18)31(26,27)23-11-1-2-12-23/h3-6,8-9,17H,1-2,7,10-16H2. The molecule has 0 aliphatic carbocycles. The Morgan fingerprint density at radius 2 is 1.44 bits per heavy atom. The van der Waals surface area contributed by atoms with Crippen LogP contribution in [0.2, 0.25) is 0 Å². The van der Waals surface area contributed by atoms with Gasteiger partial charge in [-0.1, -0.05) is 18.2 Å². The van der Waals surface area contributed by atoms with Crippen LogP contribution in [-0.2, 0) is 31.3 Å². The topological polar surface area (TPSA) is 95.1 Å². The monoisotopic (exact) mass is 497 g/mol. The van der Waals surface area contributed by atoms with Crippen LogP contribution in [0.1, 0.15) is 24.8 Å². The van der Waals surface area contributed by atoms with Crippen LogP contribution in [0.25, 0.3) is 0 Å². The molecular formula is C21H27N3O5S3. The summed E-state index contributed by atoms with van der Waals surface area (Å²) >= 11 is 1.20. The van der Waals surface area contributed by atoms with E-state index in [1.54, 1.807) is 46.7 Å². The summed E-state index contributed by atoms with van der Waals surface area (Å²) in [4.78, 5) is 14.6. The van der Waals surface area contributed by atoms with E-state index in [1.165, 1.54) is 19.9 Å². The number of hydrogen-bond acceptors (Lipinski definition) is 6. The summed E-state index contributed by atoms with van der Waals surface area (Å²) < 4.78 is 53.7. The van der Waals surface area contributed by atoms with Gasteiger partial charge >= 0.3 is 0 Å². The highest BCUT2D eigenvalue weighted by molar-refractivity contribution is 7.91. The summed E-state index contributed by atoms with van der Waals surface area (Å²) in [5, 5.41) is 1.74. The molecule has 2 fully saturated rings. The number of carbonyl (C=O) groups excluding carboxylic acids is 1. The molecule has 4 rings (SSSR count). The van der Waals surface area contributed by atoms with E-state index in [-0.39, 0.29) is 23.9 Å². The summed E-state index contributed by atoms with van der Waals surface area (Å²) in [7, 11) is -6.92. The first-order valence-corrected chi connectivity index (χ1v) is 14.4. The van der Waals surface area contributed by atoms with Crippen LogP contribution in [0, 0.1) is 0 Å². The molecule has 32 heavy (non-hydrogen) atoms. The number of thiophene rings is 1. The lowest BCUT2D eigenvalue weighted by atomic mass is 10.1. The molecule has 0 bridgehead atoms. The van der Waals surface area contributed by atoms with Crippen molar-refractivity contribution in [1.82, 2.24) is 13.5 Å². The van der Waals surface area contributed by atoms with Gasteiger partial charge in [-0.15, -0.1) is 11.3 Å². The molecule has 3 heterocycles. The van der Waals surface area contributed by atoms with E-state index < -0.39 is 20.0 Å². The number of hydrogen-bond donors (Lipinski definition) is 0. The molecule has 0 spiro atoms.